The average Bonchev–Trinajstić information content (AvgIpc) is 2.37. The van der Waals surface area contributed by atoms with Gasteiger partial charge in [0.1, 0.15) is 5.75 Å². The Morgan fingerprint density at radius 1 is 1.10 bits per heavy atom. The van der Waals surface area contributed by atoms with Crippen molar-refractivity contribution in [3.8, 4) is 17.2 Å². The zero-order valence-electron chi connectivity index (χ0n) is 11.3. The molecule has 1 aromatic carbocycles. The number of hydrogen-bond donors (Lipinski definition) is 0. The van der Waals surface area contributed by atoms with Crippen molar-refractivity contribution in [1.82, 2.24) is 0 Å². The second-order valence-electron chi connectivity index (χ2n) is 4.06. The van der Waals surface area contributed by atoms with E-state index < -0.39 is 25.0 Å². The van der Waals surface area contributed by atoms with Gasteiger partial charge in [0.2, 0.25) is 0 Å². The molecule has 0 unspecified atom stereocenters. The minimum atomic E-state index is -4.38. The fourth-order valence-corrected chi connectivity index (χ4v) is 1.49. The van der Waals surface area contributed by atoms with Crippen LogP contribution >= 0.6 is 0 Å². The predicted octanol–water partition coefficient (Wildman–Crippen LogP) is 3.26. The lowest BCUT2D eigenvalue weighted by Crippen LogP contribution is -2.15. The number of ether oxygens (including phenoxy) is 3. The van der Waals surface area contributed by atoms with Crippen LogP contribution in [0.2, 0.25) is 0 Å². The zero-order chi connectivity index (χ0) is 15.3. The van der Waals surface area contributed by atoms with Crippen molar-refractivity contribution < 1.29 is 32.2 Å². The Morgan fingerprint density at radius 3 is 2.15 bits per heavy atom. The van der Waals surface area contributed by atoms with Gasteiger partial charge in [0, 0.05) is 6.07 Å². The molecule has 0 fully saturated rings. The summed E-state index contributed by atoms with van der Waals surface area (Å²) in [5, 5.41) is 0. The maximum absolute atomic E-state index is 12.0. The summed E-state index contributed by atoms with van der Waals surface area (Å²) in [6.07, 6.45) is -6.32. The molecule has 0 saturated heterocycles. The second-order valence-corrected chi connectivity index (χ2v) is 4.06. The number of halogens is 3. The summed E-state index contributed by atoms with van der Waals surface area (Å²) in [5.41, 5.74) is 0.558. The number of carbonyl (C=O) groups excluding carboxylic acids is 1. The van der Waals surface area contributed by atoms with E-state index in [0.29, 0.717) is 17.1 Å². The van der Waals surface area contributed by atoms with Crippen molar-refractivity contribution in [3.05, 3.63) is 17.7 Å². The van der Waals surface area contributed by atoms with E-state index in [2.05, 4.69) is 0 Å². The maximum Gasteiger partial charge on any atom is 0.389 e. The van der Waals surface area contributed by atoms with Gasteiger partial charge >= 0.3 is 12.1 Å². The minimum absolute atomic E-state index is 0.148. The topological polar surface area (TPSA) is 44.8 Å². The third-order valence-electron chi connectivity index (χ3n) is 2.52. The molecule has 4 nitrogen and oxygen atoms in total. The molecule has 7 heteroatoms. The Balaban J connectivity index is 2.79. The molecular weight excluding hydrogens is 277 g/mol. The number of rotatable bonds is 5. The van der Waals surface area contributed by atoms with Gasteiger partial charge in [0.05, 0.1) is 27.1 Å². The summed E-state index contributed by atoms with van der Waals surface area (Å²) in [4.78, 5) is 11.4. The fraction of sp³-hybridized carbons (Fsp3) is 0.462. The van der Waals surface area contributed by atoms with Crippen molar-refractivity contribution in [2.45, 2.75) is 25.9 Å². The third kappa shape index (κ3) is 4.64. The van der Waals surface area contributed by atoms with E-state index in [4.69, 9.17) is 14.2 Å². The standard InChI is InChI=1S/C13H15F3O4/c1-8-6-10(18-2)11(19-3)7-9(8)20-12(17)4-5-13(14,15)16/h6-7H,4-5H2,1-3H3. The summed E-state index contributed by atoms with van der Waals surface area (Å²) in [5.74, 6) is -0.0238. The van der Waals surface area contributed by atoms with E-state index in [0.717, 1.165) is 0 Å². The highest BCUT2D eigenvalue weighted by Crippen LogP contribution is 2.34. The molecule has 1 aromatic rings. The number of hydrogen-bond acceptors (Lipinski definition) is 4. The molecule has 1 rings (SSSR count). The molecule has 112 valence electrons. The number of aryl methyl sites for hydroxylation is 1. The Hall–Kier alpha value is -1.92. The Labute approximate surface area is 114 Å². The van der Waals surface area contributed by atoms with Gasteiger partial charge < -0.3 is 14.2 Å². The Morgan fingerprint density at radius 2 is 1.65 bits per heavy atom. The van der Waals surface area contributed by atoms with Crippen LogP contribution in [0.25, 0.3) is 0 Å². The summed E-state index contributed by atoms with van der Waals surface area (Å²) in [7, 11) is 2.86. The normalized spacial score (nSPS) is 11.1. The molecule has 0 saturated carbocycles. The number of alkyl halides is 3. The summed E-state index contributed by atoms with van der Waals surface area (Å²) in [6, 6.07) is 2.98. The molecule has 0 aliphatic rings. The molecular formula is C13H15F3O4. The van der Waals surface area contributed by atoms with E-state index in [1.807, 2.05) is 0 Å². The molecule has 0 amide bonds. The molecule has 20 heavy (non-hydrogen) atoms. The van der Waals surface area contributed by atoms with Crippen LogP contribution in [0.4, 0.5) is 13.2 Å². The van der Waals surface area contributed by atoms with Crippen LogP contribution in [0.3, 0.4) is 0 Å². The first-order valence-electron chi connectivity index (χ1n) is 5.77. The quantitative estimate of drug-likeness (QED) is 0.617. The number of methoxy groups -OCH3 is 2. The van der Waals surface area contributed by atoms with Crippen molar-refractivity contribution in [2.24, 2.45) is 0 Å². The fourth-order valence-electron chi connectivity index (χ4n) is 1.49. The van der Waals surface area contributed by atoms with Gasteiger partial charge in [0.25, 0.3) is 0 Å². The smallest absolute Gasteiger partial charge is 0.389 e. The van der Waals surface area contributed by atoms with Crippen molar-refractivity contribution in [1.29, 1.82) is 0 Å². The van der Waals surface area contributed by atoms with Gasteiger partial charge in [-0.15, -0.1) is 0 Å². The van der Waals surface area contributed by atoms with E-state index in [9.17, 15) is 18.0 Å². The lowest BCUT2D eigenvalue weighted by molar-refractivity contribution is -0.151. The van der Waals surface area contributed by atoms with Crippen LogP contribution in [0.15, 0.2) is 12.1 Å². The van der Waals surface area contributed by atoms with Crippen LogP contribution in [0, 0.1) is 6.92 Å². The molecule has 0 aliphatic heterocycles. The van der Waals surface area contributed by atoms with Gasteiger partial charge in [-0.2, -0.15) is 13.2 Å². The first kappa shape index (κ1) is 16.1. The van der Waals surface area contributed by atoms with E-state index >= 15 is 0 Å². The van der Waals surface area contributed by atoms with E-state index in [-0.39, 0.29) is 5.75 Å². The van der Waals surface area contributed by atoms with Crippen molar-refractivity contribution in [3.63, 3.8) is 0 Å². The Kier molecular flexibility index (Phi) is 5.24. The van der Waals surface area contributed by atoms with E-state index in [1.54, 1.807) is 13.0 Å². The van der Waals surface area contributed by atoms with Crippen LogP contribution in [-0.4, -0.2) is 26.4 Å². The highest BCUT2D eigenvalue weighted by Gasteiger charge is 2.28. The lowest BCUT2D eigenvalue weighted by atomic mass is 10.2. The molecule has 0 aromatic heterocycles. The summed E-state index contributed by atoms with van der Waals surface area (Å²) >= 11 is 0. The minimum Gasteiger partial charge on any atom is -0.493 e. The van der Waals surface area contributed by atoms with Crippen LogP contribution in [-0.2, 0) is 4.79 Å². The number of carbonyl (C=O) groups is 1. The maximum atomic E-state index is 12.0. The second kappa shape index (κ2) is 6.49. The summed E-state index contributed by atoms with van der Waals surface area (Å²) < 4.78 is 51.0. The van der Waals surface area contributed by atoms with E-state index in [1.165, 1.54) is 20.3 Å². The SMILES string of the molecule is COc1cc(C)c(OC(=O)CCC(F)(F)F)cc1OC. The molecule has 0 aliphatic carbocycles. The van der Waals surface area contributed by atoms with Gasteiger partial charge in [-0.05, 0) is 18.6 Å². The molecule has 0 radical (unpaired) electrons. The largest absolute Gasteiger partial charge is 0.493 e. The first-order chi connectivity index (χ1) is 9.26. The van der Waals surface area contributed by atoms with Crippen molar-refractivity contribution in [2.75, 3.05) is 14.2 Å². The predicted molar refractivity (Wildman–Crippen MR) is 65.2 cm³/mol. The highest BCUT2D eigenvalue weighted by molar-refractivity contribution is 5.73. The first-order valence-corrected chi connectivity index (χ1v) is 5.77. The Bertz CT molecular complexity index is 483. The lowest BCUT2D eigenvalue weighted by Gasteiger charge is -2.13. The van der Waals surface area contributed by atoms with Crippen LogP contribution < -0.4 is 14.2 Å². The highest BCUT2D eigenvalue weighted by atomic mass is 19.4. The van der Waals surface area contributed by atoms with Gasteiger partial charge in [-0.3, -0.25) is 4.79 Å². The average molecular weight is 292 g/mol. The van der Waals surface area contributed by atoms with Crippen molar-refractivity contribution >= 4 is 5.97 Å². The van der Waals surface area contributed by atoms with Crippen LogP contribution in [0.1, 0.15) is 18.4 Å². The van der Waals surface area contributed by atoms with Gasteiger partial charge in [0.15, 0.2) is 11.5 Å². The number of esters is 1. The van der Waals surface area contributed by atoms with Gasteiger partial charge in [-0.1, -0.05) is 0 Å². The third-order valence-corrected chi connectivity index (χ3v) is 2.52. The van der Waals surface area contributed by atoms with Crippen LogP contribution in [0.5, 0.6) is 17.2 Å². The molecule has 0 spiro atoms. The zero-order valence-corrected chi connectivity index (χ0v) is 11.3. The molecule has 0 heterocycles. The molecule has 0 atom stereocenters. The molecule has 0 N–H and O–H groups in total. The summed E-state index contributed by atoms with van der Waals surface area (Å²) in [6.45, 7) is 1.65. The van der Waals surface area contributed by atoms with Gasteiger partial charge in [-0.25, -0.2) is 0 Å². The molecule has 0 bridgehead atoms. The monoisotopic (exact) mass is 292 g/mol. The number of benzene rings is 1.